The molecular formula is C24H30N2O6S. The number of rotatable bonds is 7. The Morgan fingerprint density at radius 3 is 2.48 bits per heavy atom. The molecule has 8 nitrogen and oxygen atoms in total. The molecule has 2 saturated heterocycles. The zero-order valence-electron chi connectivity index (χ0n) is 18.9. The van der Waals surface area contributed by atoms with Gasteiger partial charge in [-0.1, -0.05) is 12.1 Å². The molecule has 4 rings (SSSR count). The van der Waals surface area contributed by atoms with Crippen LogP contribution in [0.2, 0.25) is 0 Å². The molecule has 0 amide bonds. The molecule has 178 valence electrons. The summed E-state index contributed by atoms with van der Waals surface area (Å²) in [6, 6.07) is 12.1. The summed E-state index contributed by atoms with van der Waals surface area (Å²) in [5.74, 6) is 0.133. The molecule has 2 aliphatic rings. The van der Waals surface area contributed by atoms with E-state index in [1.165, 1.54) is 10.4 Å². The summed E-state index contributed by atoms with van der Waals surface area (Å²) in [7, 11) is -2.15. The second-order valence-corrected chi connectivity index (χ2v) is 10.1. The maximum absolute atomic E-state index is 13.2. The first-order chi connectivity index (χ1) is 16.0. The van der Waals surface area contributed by atoms with Gasteiger partial charge in [-0.3, -0.25) is 0 Å². The number of sulfonamides is 1. The molecule has 2 fully saturated rings. The van der Waals surface area contributed by atoms with Crippen molar-refractivity contribution in [2.75, 3.05) is 51.4 Å². The zero-order chi connectivity index (χ0) is 23.3. The lowest BCUT2D eigenvalue weighted by atomic mass is 10.1. The Morgan fingerprint density at radius 2 is 1.76 bits per heavy atom. The van der Waals surface area contributed by atoms with E-state index < -0.39 is 16.0 Å². The van der Waals surface area contributed by atoms with E-state index in [-0.39, 0.29) is 17.1 Å². The standard InChI is InChI=1S/C24H30N2O6S/c1-30-20-7-5-6-19(16-20)18-32-24(27)22-17-21(33(28,29)26-12-14-31-15-13-26)8-9-23(22)25-10-3-2-4-11-25/h5-9,16-17H,2-4,10-15,18H2,1H3. The predicted molar refractivity (Wildman–Crippen MR) is 124 cm³/mol. The third-order valence-electron chi connectivity index (χ3n) is 6.00. The lowest BCUT2D eigenvalue weighted by Gasteiger charge is -2.31. The number of nitrogens with zero attached hydrogens (tertiary/aromatic N) is 2. The molecule has 0 spiro atoms. The predicted octanol–water partition coefficient (Wildman–Crippen LogP) is 3.06. The summed E-state index contributed by atoms with van der Waals surface area (Å²) >= 11 is 0. The fourth-order valence-corrected chi connectivity index (χ4v) is 5.61. The molecule has 2 heterocycles. The van der Waals surface area contributed by atoms with E-state index in [4.69, 9.17) is 14.2 Å². The van der Waals surface area contributed by atoms with Gasteiger partial charge in [0.25, 0.3) is 0 Å². The normalized spacial score (nSPS) is 17.5. The Morgan fingerprint density at radius 1 is 1.00 bits per heavy atom. The molecule has 0 aromatic heterocycles. The molecule has 2 aromatic carbocycles. The van der Waals surface area contributed by atoms with Crippen LogP contribution in [-0.2, 0) is 26.1 Å². The minimum absolute atomic E-state index is 0.0654. The van der Waals surface area contributed by atoms with Gasteiger partial charge in [0, 0.05) is 26.2 Å². The molecule has 33 heavy (non-hydrogen) atoms. The maximum Gasteiger partial charge on any atom is 0.340 e. The first-order valence-electron chi connectivity index (χ1n) is 11.3. The van der Waals surface area contributed by atoms with Gasteiger partial charge >= 0.3 is 5.97 Å². The first kappa shape index (κ1) is 23.5. The second-order valence-electron chi connectivity index (χ2n) is 8.17. The van der Waals surface area contributed by atoms with Crippen molar-refractivity contribution in [3.05, 3.63) is 53.6 Å². The van der Waals surface area contributed by atoms with Crippen molar-refractivity contribution in [3.63, 3.8) is 0 Å². The zero-order valence-corrected chi connectivity index (χ0v) is 19.7. The fourth-order valence-electron chi connectivity index (χ4n) is 4.17. The minimum Gasteiger partial charge on any atom is -0.497 e. The summed E-state index contributed by atoms with van der Waals surface area (Å²) < 4.78 is 43.9. The number of piperidine rings is 1. The highest BCUT2D eigenvalue weighted by Crippen LogP contribution is 2.29. The van der Waals surface area contributed by atoms with Crippen LogP contribution in [0.15, 0.2) is 47.4 Å². The van der Waals surface area contributed by atoms with E-state index in [0.29, 0.717) is 37.7 Å². The number of carbonyl (C=O) groups is 1. The molecule has 2 aliphatic heterocycles. The average molecular weight is 475 g/mol. The number of anilines is 1. The quantitative estimate of drug-likeness (QED) is 0.570. The largest absolute Gasteiger partial charge is 0.497 e. The van der Waals surface area contributed by atoms with Crippen LogP contribution in [0.4, 0.5) is 5.69 Å². The molecule has 2 aromatic rings. The van der Waals surface area contributed by atoms with Crippen LogP contribution in [0.5, 0.6) is 5.75 Å². The number of esters is 1. The number of benzene rings is 2. The van der Waals surface area contributed by atoms with Crippen LogP contribution in [0.1, 0.15) is 35.2 Å². The Hall–Kier alpha value is -2.62. The maximum atomic E-state index is 13.2. The first-order valence-corrected chi connectivity index (χ1v) is 12.7. The Balaban J connectivity index is 1.62. The van der Waals surface area contributed by atoms with Crippen molar-refractivity contribution in [1.29, 1.82) is 0 Å². The molecule has 0 N–H and O–H groups in total. The van der Waals surface area contributed by atoms with Crippen molar-refractivity contribution in [1.82, 2.24) is 4.31 Å². The van der Waals surface area contributed by atoms with Crippen LogP contribution in [0, 0.1) is 0 Å². The number of morpholine rings is 1. The average Bonchev–Trinajstić information content (AvgIpc) is 2.88. The molecule has 0 radical (unpaired) electrons. The number of ether oxygens (including phenoxy) is 3. The van der Waals surface area contributed by atoms with E-state index in [0.717, 1.165) is 37.9 Å². The Kier molecular flexibility index (Phi) is 7.52. The Labute approximate surface area is 195 Å². The van der Waals surface area contributed by atoms with E-state index >= 15 is 0 Å². The summed E-state index contributed by atoms with van der Waals surface area (Å²) in [5, 5.41) is 0. The third kappa shape index (κ3) is 5.48. The van der Waals surface area contributed by atoms with Crippen molar-refractivity contribution < 1.29 is 27.4 Å². The van der Waals surface area contributed by atoms with Gasteiger partial charge in [0.15, 0.2) is 0 Å². The summed E-state index contributed by atoms with van der Waals surface area (Å²) in [6.45, 7) is 3.03. The lowest BCUT2D eigenvalue weighted by molar-refractivity contribution is 0.0472. The number of carbonyl (C=O) groups excluding carboxylic acids is 1. The highest BCUT2D eigenvalue weighted by molar-refractivity contribution is 7.89. The topological polar surface area (TPSA) is 85.4 Å². The summed E-state index contributed by atoms with van der Waals surface area (Å²) in [6.07, 6.45) is 3.22. The van der Waals surface area contributed by atoms with Crippen LogP contribution in [-0.4, -0.2) is 65.2 Å². The molecule has 0 saturated carbocycles. The van der Waals surface area contributed by atoms with Gasteiger partial charge in [-0.15, -0.1) is 0 Å². The van der Waals surface area contributed by atoms with Crippen molar-refractivity contribution >= 4 is 21.7 Å². The number of methoxy groups -OCH3 is 1. The fraction of sp³-hybridized carbons (Fsp3) is 0.458. The highest BCUT2D eigenvalue weighted by Gasteiger charge is 2.29. The molecule has 9 heteroatoms. The van der Waals surface area contributed by atoms with Gasteiger partial charge in [-0.05, 0) is 55.2 Å². The molecule has 0 atom stereocenters. The molecule has 0 unspecified atom stereocenters. The van der Waals surface area contributed by atoms with Crippen molar-refractivity contribution in [3.8, 4) is 5.75 Å². The summed E-state index contributed by atoms with van der Waals surface area (Å²) in [5.41, 5.74) is 1.78. The third-order valence-corrected chi connectivity index (χ3v) is 7.89. The van der Waals surface area contributed by atoms with Gasteiger partial charge < -0.3 is 19.1 Å². The minimum atomic E-state index is -3.73. The molecule has 0 bridgehead atoms. The summed E-state index contributed by atoms with van der Waals surface area (Å²) in [4.78, 5) is 15.4. The second kappa shape index (κ2) is 10.5. The van der Waals surface area contributed by atoms with Gasteiger partial charge in [0.05, 0.1) is 36.5 Å². The monoisotopic (exact) mass is 474 g/mol. The highest BCUT2D eigenvalue weighted by atomic mass is 32.2. The Bertz CT molecular complexity index is 1080. The molecular weight excluding hydrogens is 444 g/mol. The van der Waals surface area contributed by atoms with E-state index in [1.54, 1.807) is 25.3 Å². The number of hydrogen-bond donors (Lipinski definition) is 0. The van der Waals surface area contributed by atoms with Crippen LogP contribution >= 0.6 is 0 Å². The van der Waals surface area contributed by atoms with E-state index in [2.05, 4.69) is 4.90 Å². The smallest absolute Gasteiger partial charge is 0.340 e. The lowest BCUT2D eigenvalue weighted by Crippen LogP contribution is -2.40. The van der Waals surface area contributed by atoms with E-state index in [1.807, 2.05) is 18.2 Å². The van der Waals surface area contributed by atoms with Gasteiger partial charge in [0.2, 0.25) is 10.0 Å². The van der Waals surface area contributed by atoms with Crippen molar-refractivity contribution in [2.45, 2.75) is 30.8 Å². The van der Waals surface area contributed by atoms with Gasteiger partial charge in [-0.25, -0.2) is 13.2 Å². The molecule has 0 aliphatic carbocycles. The van der Waals surface area contributed by atoms with Gasteiger partial charge in [-0.2, -0.15) is 4.31 Å². The van der Waals surface area contributed by atoms with Crippen molar-refractivity contribution in [2.24, 2.45) is 0 Å². The SMILES string of the molecule is COc1cccc(COC(=O)c2cc(S(=O)(=O)N3CCOCC3)ccc2N2CCCCC2)c1. The number of hydrogen-bond acceptors (Lipinski definition) is 7. The van der Waals surface area contributed by atoms with Crippen LogP contribution in [0.3, 0.4) is 0 Å². The van der Waals surface area contributed by atoms with Crippen LogP contribution < -0.4 is 9.64 Å². The van der Waals surface area contributed by atoms with Crippen LogP contribution in [0.25, 0.3) is 0 Å². The van der Waals surface area contributed by atoms with E-state index in [9.17, 15) is 13.2 Å². The van der Waals surface area contributed by atoms with Gasteiger partial charge in [0.1, 0.15) is 12.4 Å².